The zero-order valence-corrected chi connectivity index (χ0v) is 12.4. The van der Waals surface area contributed by atoms with E-state index < -0.39 is 0 Å². The molecule has 0 N–H and O–H groups in total. The molecule has 2 nitrogen and oxygen atoms in total. The second-order valence-electron chi connectivity index (χ2n) is 4.69. The van der Waals surface area contributed by atoms with Crippen LogP contribution in [0.5, 0.6) is 0 Å². The molecular weight excluding hydrogens is 272 g/mol. The van der Waals surface area contributed by atoms with E-state index in [0.717, 1.165) is 19.5 Å². The lowest BCUT2D eigenvalue weighted by Gasteiger charge is -2.15. The molecule has 0 radical (unpaired) electrons. The quantitative estimate of drug-likeness (QED) is 0.813. The minimum Gasteiger partial charge on any atom is -0.317 e. The van der Waals surface area contributed by atoms with Crippen molar-refractivity contribution in [2.24, 2.45) is 4.99 Å². The Kier molecular flexibility index (Phi) is 2.67. The topological polar surface area (TPSA) is 15.6 Å². The smallest absolute Gasteiger partial charge is 0.168 e. The van der Waals surface area contributed by atoms with E-state index in [2.05, 4.69) is 47.1 Å². The van der Waals surface area contributed by atoms with Gasteiger partial charge in [0.2, 0.25) is 0 Å². The Bertz CT molecular complexity index is 679. The van der Waals surface area contributed by atoms with Crippen molar-refractivity contribution >= 4 is 44.0 Å². The molecule has 0 aliphatic carbocycles. The van der Waals surface area contributed by atoms with Crippen molar-refractivity contribution in [1.29, 1.82) is 0 Å². The van der Waals surface area contributed by atoms with E-state index in [-0.39, 0.29) is 0 Å². The van der Waals surface area contributed by atoms with Crippen LogP contribution in [0.25, 0.3) is 15.8 Å². The fourth-order valence-electron chi connectivity index (χ4n) is 2.64. The Hall–Kier alpha value is -1.26. The van der Waals surface area contributed by atoms with Crippen LogP contribution in [0.3, 0.4) is 0 Å². The van der Waals surface area contributed by atoms with Crippen molar-refractivity contribution in [3.63, 3.8) is 0 Å². The van der Waals surface area contributed by atoms with E-state index in [9.17, 15) is 0 Å². The highest BCUT2D eigenvalue weighted by molar-refractivity contribution is 8.17. The number of hydrogen-bond donors (Lipinski definition) is 0. The minimum absolute atomic E-state index is 0.938. The van der Waals surface area contributed by atoms with Gasteiger partial charge in [-0.25, -0.2) is 0 Å². The number of hydrogen-bond acceptors (Lipinski definition) is 4. The van der Waals surface area contributed by atoms with Gasteiger partial charge in [0.25, 0.3) is 0 Å². The minimum atomic E-state index is 0.938. The predicted molar refractivity (Wildman–Crippen MR) is 85.6 cm³/mol. The van der Waals surface area contributed by atoms with Crippen molar-refractivity contribution in [3.05, 3.63) is 40.1 Å². The van der Waals surface area contributed by atoms with Gasteiger partial charge >= 0.3 is 0 Å². The molecule has 1 aromatic heterocycles. The summed E-state index contributed by atoms with van der Waals surface area (Å²) in [5.41, 5.74) is 1.41. The molecule has 1 aromatic carbocycles. The van der Waals surface area contributed by atoms with Crippen LogP contribution in [-0.2, 0) is 0 Å². The molecule has 19 heavy (non-hydrogen) atoms. The summed E-state index contributed by atoms with van der Waals surface area (Å²) in [5, 5.41) is 2.55. The molecule has 0 bridgehead atoms. The lowest BCUT2D eigenvalue weighted by molar-refractivity contribution is 0.648. The fourth-order valence-corrected chi connectivity index (χ4v) is 4.98. The number of fused-ring (bicyclic) bond motifs is 2. The van der Waals surface area contributed by atoms with Gasteiger partial charge in [-0.3, -0.25) is 4.99 Å². The third-order valence-electron chi connectivity index (χ3n) is 3.53. The van der Waals surface area contributed by atoms with Gasteiger partial charge in [-0.2, -0.15) is 0 Å². The first-order valence-corrected chi connectivity index (χ1v) is 8.22. The first-order valence-electron chi connectivity index (χ1n) is 6.59. The van der Waals surface area contributed by atoms with Gasteiger partial charge in [0, 0.05) is 16.1 Å². The van der Waals surface area contributed by atoms with E-state index in [0.29, 0.717) is 0 Å². The summed E-state index contributed by atoms with van der Waals surface area (Å²) in [6.45, 7) is 4.21. The van der Waals surface area contributed by atoms with Gasteiger partial charge in [-0.1, -0.05) is 36.9 Å². The zero-order valence-electron chi connectivity index (χ0n) is 10.7. The van der Waals surface area contributed by atoms with Gasteiger partial charge in [-0.05, 0) is 23.9 Å². The summed E-state index contributed by atoms with van der Waals surface area (Å²) in [6.07, 6.45) is 1.09. The van der Waals surface area contributed by atoms with Crippen molar-refractivity contribution in [2.45, 2.75) is 13.3 Å². The van der Waals surface area contributed by atoms with Gasteiger partial charge in [0.15, 0.2) is 5.17 Å². The Morgan fingerprint density at radius 1 is 1.32 bits per heavy atom. The number of allylic oxidation sites excluding steroid dienone is 1. The molecule has 96 valence electrons. The lowest BCUT2D eigenvalue weighted by atomic mass is 10.2. The average molecular weight is 286 g/mol. The Morgan fingerprint density at radius 3 is 3.05 bits per heavy atom. The summed E-state index contributed by atoms with van der Waals surface area (Å²) < 4.78 is 1.37. The third-order valence-corrected chi connectivity index (χ3v) is 5.91. The van der Waals surface area contributed by atoms with Crippen LogP contribution in [0, 0.1) is 0 Å². The SMILES string of the molecule is CCC1=C(c2cc3ccccc3s2)N2CCN=C2S1. The molecule has 2 aromatic rings. The fraction of sp³-hybridized carbons (Fsp3) is 0.267. The van der Waals surface area contributed by atoms with Crippen LogP contribution in [0.15, 0.2) is 40.2 Å². The largest absolute Gasteiger partial charge is 0.317 e. The summed E-state index contributed by atoms with van der Waals surface area (Å²) >= 11 is 3.75. The maximum atomic E-state index is 4.59. The molecule has 0 saturated heterocycles. The number of thioether (sulfide) groups is 1. The molecule has 4 heteroatoms. The third kappa shape index (κ3) is 1.74. The van der Waals surface area contributed by atoms with E-state index >= 15 is 0 Å². The van der Waals surface area contributed by atoms with Gasteiger partial charge in [-0.15, -0.1) is 11.3 Å². The van der Waals surface area contributed by atoms with E-state index in [1.54, 1.807) is 0 Å². The predicted octanol–water partition coefficient (Wildman–Crippen LogP) is 4.40. The van der Waals surface area contributed by atoms with Crippen LogP contribution in [0.1, 0.15) is 18.2 Å². The average Bonchev–Trinajstić information content (AvgIpc) is 3.10. The molecule has 0 saturated carbocycles. The molecule has 0 spiro atoms. The van der Waals surface area contributed by atoms with Crippen molar-refractivity contribution in [3.8, 4) is 0 Å². The number of rotatable bonds is 2. The molecule has 0 atom stereocenters. The monoisotopic (exact) mass is 286 g/mol. The Balaban J connectivity index is 1.87. The molecule has 2 aliphatic rings. The number of benzene rings is 1. The highest BCUT2D eigenvalue weighted by atomic mass is 32.2. The highest BCUT2D eigenvalue weighted by Gasteiger charge is 2.32. The van der Waals surface area contributed by atoms with Crippen molar-refractivity contribution < 1.29 is 0 Å². The highest BCUT2D eigenvalue weighted by Crippen LogP contribution is 2.45. The zero-order chi connectivity index (χ0) is 12.8. The second kappa shape index (κ2) is 4.39. The van der Waals surface area contributed by atoms with Crippen LogP contribution in [-0.4, -0.2) is 23.2 Å². The normalized spacial score (nSPS) is 18.4. The Labute approximate surface area is 120 Å². The van der Waals surface area contributed by atoms with Crippen molar-refractivity contribution in [1.82, 2.24) is 4.90 Å². The van der Waals surface area contributed by atoms with E-state index in [1.165, 1.54) is 30.7 Å². The van der Waals surface area contributed by atoms with Gasteiger partial charge in [0.1, 0.15) is 0 Å². The maximum absolute atomic E-state index is 4.59. The molecule has 0 amide bonds. The molecule has 2 aliphatic heterocycles. The number of amidine groups is 1. The summed E-state index contributed by atoms with van der Waals surface area (Å²) in [7, 11) is 0. The van der Waals surface area contributed by atoms with E-state index in [1.807, 2.05) is 23.1 Å². The summed E-state index contributed by atoms with van der Waals surface area (Å²) in [5.74, 6) is 0. The first-order chi connectivity index (χ1) is 9.36. The second-order valence-corrected chi connectivity index (χ2v) is 6.84. The maximum Gasteiger partial charge on any atom is 0.168 e. The van der Waals surface area contributed by atoms with Crippen LogP contribution in [0.4, 0.5) is 0 Å². The summed E-state index contributed by atoms with van der Waals surface area (Å²) in [6, 6.07) is 11.0. The van der Waals surface area contributed by atoms with E-state index in [4.69, 9.17) is 0 Å². The van der Waals surface area contributed by atoms with Gasteiger partial charge in [0.05, 0.1) is 17.1 Å². The first kappa shape index (κ1) is 11.6. The number of thiophene rings is 1. The lowest BCUT2D eigenvalue weighted by Crippen LogP contribution is -2.19. The molecule has 0 unspecified atom stereocenters. The van der Waals surface area contributed by atoms with Crippen LogP contribution < -0.4 is 0 Å². The molecular formula is C15H14N2S2. The van der Waals surface area contributed by atoms with Crippen molar-refractivity contribution in [2.75, 3.05) is 13.1 Å². The molecule has 3 heterocycles. The number of nitrogens with zero attached hydrogens (tertiary/aromatic N) is 2. The van der Waals surface area contributed by atoms with Crippen LogP contribution >= 0.6 is 23.1 Å². The number of aliphatic imine (C=N–C) groups is 1. The van der Waals surface area contributed by atoms with Crippen LogP contribution in [0.2, 0.25) is 0 Å². The molecule has 4 rings (SSSR count). The summed E-state index contributed by atoms with van der Waals surface area (Å²) in [4.78, 5) is 9.84. The standard InChI is InChI=1S/C15H14N2S2/c1-2-11-14(17-8-7-16-15(17)19-11)13-9-10-5-3-4-6-12(10)18-13/h3-6,9H,2,7-8H2,1H3. The molecule has 0 fully saturated rings. The van der Waals surface area contributed by atoms with Gasteiger partial charge < -0.3 is 4.90 Å². The Morgan fingerprint density at radius 2 is 2.21 bits per heavy atom.